The first-order valence-corrected chi connectivity index (χ1v) is 11.5. The highest BCUT2D eigenvalue weighted by Crippen LogP contribution is 2.33. The molecule has 3 rings (SSSR count). The number of amides is 1. The minimum Gasteiger partial charge on any atom is -0.444 e. The number of nitrogens with zero attached hydrogens (tertiary/aromatic N) is 5. The fourth-order valence-electron chi connectivity index (χ4n) is 3.72. The molecule has 0 atom stereocenters. The molecule has 0 bridgehead atoms. The molecule has 1 aliphatic heterocycles. The summed E-state index contributed by atoms with van der Waals surface area (Å²) in [6, 6.07) is 1.72. The van der Waals surface area contributed by atoms with Crippen LogP contribution in [-0.4, -0.2) is 69.9 Å². The monoisotopic (exact) mass is 493 g/mol. The molecule has 0 radical (unpaired) electrons. The zero-order chi connectivity index (χ0) is 24.9. The van der Waals surface area contributed by atoms with E-state index in [1.54, 1.807) is 43.9 Å². The molecule has 2 aromatic heterocycles. The van der Waals surface area contributed by atoms with Gasteiger partial charge in [0.15, 0.2) is 0 Å². The van der Waals surface area contributed by atoms with E-state index in [0.717, 1.165) is 16.2 Å². The zero-order valence-corrected chi connectivity index (χ0v) is 20.7. The number of aromatic nitrogens is 3. The third kappa shape index (κ3) is 7.07. The number of hydrogen-bond acceptors (Lipinski definition) is 5. The summed E-state index contributed by atoms with van der Waals surface area (Å²) in [5.74, 6) is 6.16. The van der Waals surface area contributed by atoms with E-state index in [2.05, 4.69) is 21.9 Å². The van der Waals surface area contributed by atoms with Crippen LogP contribution in [0.5, 0.6) is 0 Å². The Morgan fingerprint density at radius 3 is 2.59 bits per heavy atom. The van der Waals surface area contributed by atoms with Crippen LogP contribution in [0.2, 0.25) is 5.15 Å². The average molecular weight is 494 g/mol. The number of halogens is 3. The van der Waals surface area contributed by atoms with Gasteiger partial charge in [0.1, 0.15) is 23.1 Å². The van der Waals surface area contributed by atoms with Crippen LogP contribution < -0.4 is 4.90 Å². The predicted molar refractivity (Wildman–Crippen MR) is 128 cm³/mol. The van der Waals surface area contributed by atoms with Crippen molar-refractivity contribution in [3.63, 3.8) is 0 Å². The van der Waals surface area contributed by atoms with Gasteiger partial charge in [0.05, 0.1) is 36.1 Å². The Morgan fingerprint density at radius 1 is 1.29 bits per heavy atom. The van der Waals surface area contributed by atoms with E-state index in [9.17, 15) is 9.18 Å². The number of carbonyl (C=O) groups is 1. The van der Waals surface area contributed by atoms with Crippen molar-refractivity contribution in [1.82, 2.24) is 19.7 Å². The summed E-state index contributed by atoms with van der Waals surface area (Å²) in [6.07, 6.45) is 4.69. The number of ether oxygens (including phenoxy) is 1. The maximum absolute atomic E-state index is 15.7. The minimum atomic E-state index is -1.65. The van der Waals surface area contributed by atoms with Crippen LogP contribution >= 0.6 is 11.6 Å². The topological polar surface area (TPSA) is 63.5 Å². The molecule has 1 aliphatic rings. The Bertz CT molecular complexity index is 1070. The Hall–Kier alpha value is -2.86. The Labute approximate surface area is 204 Å². The second-order valence-corrected chi connectivity index (χ2v) is 9.79. The third-order valence-electron chi connectivity index (χ3n) is 5.38. The van der Waals surface area contributed by atoms with Gasteiger partial charge >= 0.3 is 6.09 Å². The minimum absolute atomic E-state index is 0.161. The lowest BCUT2D eigenvalue weighted by molar-refractivity contribution is 0.00408. The summed E-state index contributed by atoms with van der Waals surface area (Å²) in [7, 11) is 1.81. The largest absolute Gasteiger partial charge is 0.444 e. The van der Waals surface area contributed by atoms with Crippen molar-refractivity contribution < 1.29 is 18.3 Å². The number of piperidine rings is 1. The van der Waals surface area contributed by atoms with Gasteiger partial charge in [0.2, 0.25) is 0 Å². The number of alkyl halides is 2. The molecule has 10 heteroatoms. The fourth-order valence-corrected chi connectivity index (χ4v) is 3.87. The molecule has 3 heterocycles. The molecule has 184 valence electrons. The second kappa shape index (κ2) is 10.6. The highest BCUT2D eigenvalue weighted by molar-refractivity contribution is 6.29. The van der Waals surface area contributed by atoms with Crippen LogP contribution in [0, 0.1) is 11.8 Å². The molecule has 0 aliphatic carbocycles. The van der Waals surface area contributed by atoms with E-state index in [1.165, 1.54) is 0 Å². The van der Waals surface area contributed by atoms with E-state index >= 15 is 4.39 Å². The molecular formula is C24H30ClF2N5O2. The predicted octanol–water partition coefficient (Wildman–Crippen LogP) is 4.38. The first-order chi connectivity index (χ1) is 16.0. The quantitative estimate of drug-likeness (QED) is 0.457. The van der Waals surface area contributed by atoms with E-state index in [0.29, 0.717) is 23.8 Å². The Morgan fingerprint density at radius 2 is 2.00 bits per heavy atom. The number of rotatable bonds is 5. The summed E-state index contributed by atoms with van der Waals surface area (Å²) in [5, 5.41) is 4.42. The molecule has 1 fully saturated rings. The molecule has 34 heavy (non-hydrogen) atoms. The zero-order valence-electron chi connectivity index (χ0n) is 19.9. The molecule has 0 saturated carbocycles. The highest BCUT2D eigenvalue weighted by Gasteiger charge is 2.39. The van der Waals surface area contributed by atoms with Gasteiger partial charge in [0.25, 0.3) is 0 Å². The fraction of sp³-hybridized carbons (Fsp3) is 0.542. The van der Waals surface area contributed by atoms with E-state index < -0.39 is 24.0 Å². The standard InChI is InChI=1S/C24H30ClF2N5O2/c1-23(2,3)34-22(33)32(12-9-26)17-24(27)7-10-31(11-8-24)20-13-21(25)28-15-19(20)6-5-18-14-29-30(4)16-18/h13-16H,7-12,17H2,1-4H3. The molecule has 2 aromatic rings. The van der Waals surface area contributed by atoms with Crippen molar-refractivity contribution >= 4 is 23.4 Å². The van der Waals surface area contributed by atoms with Gasteiger partial charge in [-0.05, 0) is 20.8 Å². The summed E-state index contributed by atoms with van der Waals surface area (Å²) in [4.78, 5) is 19.7. The maximum atomic E-state index is 15.7. The van der Waals surface area contributed by atoms with Gasteiger partial charge in [-0.15, -0.1) is 0 Å². The summed E-state index contributed by atoms with van der Waals surface area (Å²) in [6.45, 7) is 4.73. The van der Waals surface area contributed by atoms with E-state index in [4.69, 9.17) is 16.3 Å². The van der Waals surface area contributed by atoms with Crippen LogP contribution in [-0.2, 0) is 11.8 Å². The van der Waals surface area contributed by atoms with Gasteiger partial charge in [0, 0.05) is 51.4 Å². The SMILES string of the molecule is Cn1cc(C#Cc2cnc(Cl)cc2N2CCC(F)(CN(CCF)C(=O)OC(C)(C)C)CC2)cn1. The number of anilines is 1. The maximum Gasteiger partial charge on any atom is 0.410 e. The average Bonchev–Trinajstić information content (AvgIpc) is 3.17. The van der Waals surface area contributed by atoms with E-state index in [-0.39, 0.29) is 25.9 Å². The van der Waals surface area contributed by atoms with Crippen molar-refractivity contribution in [3.8, 4) is 11.8 Å². The normalized spacial score (nSPS) is 15.4. The number of aryl methyl sites for hydroxylation is 1. The lowest BCUT2D eigenvalue weighted by Crippen LogP contribution is -2.51. The van der Waals surface area contributed by atoms with Crippen LogP contribution in [0.15, 0.2) is 24.7 Å². The third-order valence-corrected chi connectivity index (χ3v) is 5.58. The first kappa shape index (κ1) is 25.8. The van der Waals surface area contributed by atoms with Crippen LogP contribution in [0.25, 0.3) is 0 Å². The van der Waals surface area contributed by atoms with Crippen LogP contribution in [0.3, 0.4) is 0 Å². The van der Waals surface area contributed by atoms with Crippen molar-refractivity contribution in [3.05, 3.63) is 40.9 Å². The Balaban J connectivity index is 1.71. The van der Waals surface area contributed by atoms with Gasteiger partial charge in [-0.25, -0.2) is 18.6 Å². The Kier molecular flexibility index (Phi) is 8.03. The molecular weight excluding hydrogens is 464 g/mol. The van der Waals surface area contributed by atoms with Gasteiger partial charge in [-0.2, -0.15) is 5.10 Å². The number of hydrogen-bond donors (Lipinski definition) is 0. The van der Waals surface area contributed by atoms with Crippen LogP contribution in [0.1, 0.15) is 44.7 Å². The molecule has 1 saturated heterocycles. The molecule has 0 aromatic carbocycles. The summed E-state index contributed by atoms with van der Waals surface area (Å²) < 4.78 is 35.8. The first-order valence-electron chi connectivity index (χ1n) is 11.1. The summed E-state index contributed by atoms with van der Waals surface area (Å²) in [5.41, 5.74) is -0.189. The number of pyridine rings is 1. The molecule has 0 unspecified atom stereocenters. The molecule has 0 spiro atoms. The van der Waals surface area contributed by atoms with Crippen molar-refractivity contribution in [2.75, 3.05) is 37.8 Å². The van der Waals surface area contributed by atoms with Crippen molar-refractivity contribution in [2.45, 2.75) is 44.9 Å². The van der Waals surface area contributed by atoms with Gasteiger partial charge in [-0.3, -0.25) is 4.68 Å². The second-order valence-electron chi connectivity index (χ2n) is 9.41. The summed E-state index contributed by atoms with van der Waals surface area (Å²) >= 11 is 6.14. The van der Waals surface area contributed by atoms with Gasteiger partial charge in [-0.1, -0.05) is 23.4 Å². The lowest BCUT2D eigenvalue weighted by Gasteiger charge is -2.40. The smallest absolute Gasteiger partial charge is 0.410 e. The molecule has 0 N–H and O–H groups in total. The number of carbonyl (C=O) groups excluding carboxylic acids is 1. The van der Waals surface area contributed by atoms with Crippen molar-refractivity contribution in [2.24, 2.45) is 7.05 Å². The highest BCUT2D eigenvalue weighted by atomic mass is 35.5. The van der Waals surface area contributed by atoms with E-state index in [1.807, 2.05) is 18.1 Å². The van der Waals surface area contributed by atoms with Crippen LogP contribution in [0.4, 0.5) is 19.3 Å². The molecule has 7 nitrogen and oxygen atoms in total. The van der Waals surface area contributed by atoms with Gasteiger partial charge < -0.3 is 14.5 Å². The molecule has 1 amide bonds. The lowest BCUT2D eigenvalue weighted by atomic mass is 9.92. The van der Waals surface area contributed by atoms with Crippen molar-refractivity contribution in [1.29, 1.82) is 0 Å².